The van der Waals surface area contributed by atoms with Crippen molar-refractivity contribution in [2.75, 3.05) is 20.0 Å². The molecule has 0 saturated carbocycles. The van der Waals surface area contributed by atoms with Gasteiger partial charge in [0.25, 0.3) is 0 Å². The van der Waals surface area contributed by atoms with E-state index >= 15 is 0 Å². The lowest BCUT2D eigenvalue weighted by Gasteiger charge is -2.19. The summed E-state index contributed by atoms with van der Waals surface area (Å²) in [6, 6.07) is 3.35. The molecule has 0 bridgehead atoms. The summed E-state index contributed by atoms with van der Waals surface area (Å²) >= 11 is 0. The molecule has 0 aliphatic rings. The van der Waals surface area contributed by atoms with Crippen molar-refractivity contribution in [3.8, 4) is 11.5 Å². The number of methoxy groups -OCH3 is 2. The molecule has 0 unspecified atom stereocenters. The van der Waals surface area contributed by atoms with E-state index < -0.39 is 10.0 Å². The summed E-state index contributed by atoms with van der Waals surface area (Å²) < 4.78 is 36.8. The standard InChI is InChI=1S/C14H23NO4S/c1-6-7-20(16,17)15-11(3)12-9-14(19-5)13(18-4)8-10(12)2/h8-9,11,15H,6-7H2,1-5H3/t11-/m1/s1. The Morgan fingerprint density at radius 2 is 1.75 bits per heavy atom. The monoisotopic (exact) mass is 301 g/mol. The van der Waals surface area contributed by atoms with Crippen LogP contribution in [0.1, 0.15) is 37.4 Å². The molecule has 0 aliphatic carbocycles. The first-order chi connectivity index (χ1) is 9.34. The molecule has 0 aromatic heterocycles. The average molecular weight is 301 g/mol. The van der Waals surface area contributed by atoms with Crippen LogP contribution < -0.4 is 14.2 Å². The molecule has 0 fully saturated rings. The SMILES string of the molecule is CCCS(=O)(=O)N[C@H](C)c1cc(OC)c(OC)cc1C. The number of benzene rings is 1. The fourth-order valence-electron chi connectivity index (χ4n) is 2.12. The Balaban J connectivity index is 3.07. The molecule has 20 heavy (non-hydrogen) atoms. The Morgan fingerprint density at radius 1 is 1.20 bits per heavy atom. The highest BCUT2D eigenvalue weighted by atomic mass is 32.2. The number of rotatable bonds is 7. The van der Waals surface area contributed by atoms with Crippen molar-refractivity contribution in [2.45, 2.75) is 33.2 Å². The van der Waals surface area contributed by atoms with Gasteiger partial charge in [-0.2, -0.15) is 0 Å². The van der Waals surface area contributed by atoms with E-state index in [-0.39, 0.29) is 11.8 Å². The van der Waals surface area contributed by atoms with E-state index in [2.05, 4.69) is 4.72 Å². The number of hydrogen-bond donors (Lipinski definition) is 1. The van der Waals surface area contributed by atoms with Gasteiger partial charge in [0.2, 0.25) is 10.0 Å². The van der Waals surface area contributed by atoms with Gasteiger partial charge >= 0.3 is 0 Å². The highest BCUT2D eigenvalue weighted by Crippen LogP contribution is 2.33. The Morgan fingerprint density at radius 3 is 2.25 bits per heavy atom. The van der Waals surface area contributed by atoms with Gasteiger partial charge in [-0.1, -0.05) is 6.92 Å². The molecule has 114 valence electrons. The van der Waals surface area contributed by atoms with Crippen LogP contribution in [0, 0.1) is 6.92 Å². The van der Waals surface area contributed by atoms with E-state index in [0.717, 1.165) is 11.1 Å². The lowest BCUT2D eigenvalue weighted by Crippen LogP contribution is -2.29. The minimum atomic E-state index is -3.25. The molecular weight excluding hydrogens is 278 g/mol. The predicted octanol–water partition coefficient (Wildman–Crippen LogP) is 2.40. The van der Waals surface area contributed by atoms with Gasteiger partial charge in [-0.3, -0.25) is 0 Å². The molecule has 0 radical (unpaired) electrons. The predicted molar refractivity (Wildman–Crippen MR) is 79.9 cm³/mol. The molecule has 1 aromatic rings. The molecule has 5 nitrogen and oxygen atoms in total. The van der Waals surface area contributed by atoms with E-state index in [1.165, 1.54) is 0 Å². The molecule has 6 heteroatoms. The first-order valence-corrected chi connectivity index (χ1v) is 8.22. The Bertz CT molecular complexity index is 555. The van der Waals surface area contributed by atoms with Gasteiger partial charge in [0.05, 0.1) is 20.0 Å². The van der Waals surface area contributed by atoms with Crippen molar-refractivity contribution in [1.82, 2.24) is 4.72 Å². The topological polar surface area (TPSA) is 64.6 Å². The summed E-state index contributed by atoms with van der Waals surface area (Å²) in [4.78, 5) is 0. The van der Waals surface area contributed by atoms with Crippen LogP contribution in [0.3, 0.4) is 0 Å². The van der Waals surface area contributed by atoms with Gasteiger partial charge in [0, 0.05) is 6.04 Å². The van der Waals surface area contributed by atoms with E-state index in [4.69, 9.17) is 9.47 Å². The fourth-order valence-corrected chi connectivity index (χ4v) is 3.44. The maximum atomic E-state index is 11.8. The van der Waals surface area contributed by atoms with Crippen molar-refractivity contribution >= 4 is 10.0 Å². The van der Waals surface area contributed by atoms with Crippen molar-refractivity contribution in [1.29, 1.82) is 0 Å². The highest BCUT2D eigenvalue weighted by Gasteiger charge is 2.18. The van der Waals surface area contributed by atoms with Crippen molar-refractivity contribution in [2.24, 2.45) is 0 Å². The Kier molecular flexibility index (Phi) is 5.83. The normalized spacial score (nSPS) is 13.1. The van der Waals surface area contributed by atoms with Gasteiger partial charge in [-0.25, -0.2) is 13.1 Å². The summed E-state index contributed by atoms with van der Waals surface area (Å²) in [6.45, 7) is 5.58. The summed E-state index contributed by atoms with van der Waals surface area (Å²) in [5.74, 6) is 1.36. The Labute approximate surface area is 121 Å². The van der Waals surface area contributed by atoms with Crippen molar-refractivity contribution in [3.05, 3.63) is 23.3 Å². The average Bonchev–Trinajstić information content (AvgIpc) is 2.37. The molecule has 0 aliphatic heterocycles. The number of hydrogen-bond acceptors (Lipinski definition) is 4. The summed E-state index contributed by atoms with van der Waals surface area (Å²) in [5, 5.41) is 0. The van der Waals surface area contributed by atoms with Crippen LogP contribution >= 0.6 is 0 Å². The van der Waals surface area contributed by atoms with E-state index in [1.807, 2.05) is 32.9 Å². The lowest BCUT2D eigenvalue weighted by molar-refractivity contribution is 0.354. The summed E-state index contributed by atoms with van der Waals surface area (Å²) in [7, 11) is -0.121. The van der Waals surface area contributed by atoms with E-state index in [9.17, 15) is 8.42 Å². The van der Waals surface area contributed by atoms with Crippen LogP contribution in [-0.4, -0.2) is 28.4 Å². The molecule has 0 saturated heterocycles. The van der Waals surface area contributed by atoms with E-state index in [0.29, 0.717) is 17.9 Å². The zero-order valence-electron chi connectivity index (χ0n) is 12.7. The number of ether oxygens (including phenoxy) is 2. The maximum absolute atomic E-state index is 11.8. The highest BCUT2D eigenvalue weighted by molar-refractivity contribution is 7.89. The van der Waals surface area contributed by atoms with Crippen LogP contribution in [-0.2, 0) is 10.0 Å². The molecular formula is C14H23NO4S. The van der Waals surface area contributed by atoms with Gasteiger partial charge in [-0.05, 0) is 43.5 Å². The van der Waals surface area contributed by atoms with Gasteiger partial charge < -0.3 is 9.47 Å². The van der Waals surface area contributed by atoms with Crippen molar-refractivity contribution in [3.63, 3.8) is 0 Å². The second-order valence-electron chi connectivity index (χ2n) is 4.72. The molecule has 1 N–H and O–H groups in total. The minimum Gasteiger partial charge on any atom is -0.493 e. The number of sulfonamides is 1. The molecule has 0 spiro atoms. The van der Waals surface area contributed by atoms with Crippen LogP contribution in [0.4, 0.5) is 0 Å². The largest absolute Gasteiger partial charge is 0.493 e. The van der Waals surface area contributed by atoms with Crippen molar-refractivity contribution < 1.29 is 17.9 Å². The van der Waals surface area contributed by atoms with Gasteiger partial charge in [-0.15, -0.1) is 0 Å². The van der Waals surface area contributed by atoms with Crippen LogP contribution in [0.25, 0.3) is 0 Å². The third-order valence-corrected chi connectivity index (χ3v) is 4.73. The van der Waals surface area contributed by atoms with Crippen LogP contribution in [0.5, 0.6) is 11.5 Å². The summed E-state index contributed by atoms with van der Waals surface area (Å²) in [5.41, 5.74) is 1.83. The third-order valence-electron chi connectivity index (χ3n) is 3.07. The quantitative estimate of drug-likeness (QED) is 0.840. The number of nitrogens with one attached hydrogen (secondary N) is 1. The molecule has 1 aromatic carbocycles. The fraction of sp³-hybridized carbons (Fsp3) is 0.571. The second-order valence-corrected chi connectivity index (χ2v) is 6.60. The smallest absolute Gasteiger partial charge is 0.212 e. The van der Waals surface area contributed by atoms with Gasteiger partial charge in [0.1, 0.15) is 0 Å². The van der Waals surface area contributed by atoms with Crippen LogP contribution in [0.2, 0.25) is 0 Å². The lowest BCUT2D eigenvalue weighted by atomic mass is 10.0. The summed E-state index contributed by atoms with van der Waals surface area (Å²) in [6.07, 6.45) is 0.590. The van der Waals surface area contributed by atoms with E-state index in [1.54, 1.807) is 14.2 Å². The first-order valence-electron chi connectivity index (χ1n) is 6.57. The van der Waals surface area contributed by atoms with Crippen LogP contribution in [0.15, 0.2) is 12.1 Å². The molecule has 1 atom stereocenters. The minimum absolute atomic E-state index is 0.129. The maximum Gasteiger partial charge on any atom is 0.212 e. The Hall–Kier alpha value is -1.27. The second kappa shape index (κ2) is 6.95. The number of aryl methyl sites for hydroxylation is 1. The zero-order valence-corrected chi connectivity index (χ0v) is 13.5. The van der Waals surface area contributed by atoms with Gasteiger partial charge in [0.15, 0.2) is 11.5 Å². The molecule has 0 heterocycles. The first kappa shape index (κ1) is 16.8. The molecule has 1 rings (SSSR count). The zero-order chi connectivity index (χ0) is 15.3. The third kappa shape index (κ3) is 4.11. The molecule has 0 amide bonds.